The normalized spacial score (nSPS) is 11.0. The standard InChI is InChI=1S/C24H24ClNO2/c1-4-27-23-14-20(15-26-22-8-6-5-7-18(22)3)13-21(25)24(23)28-16-19-11-9-17(2)10-12-19/h5-15H,4,16H2,1-3H3. The summed E-state index contributed by atoms with van der Waals surface area (Å²) in [5.74, 6) is 1.17. The number of para-hydroxylation sites is 1. The van der Waals surface area contributed by atoms with Gasteiger partial charge in [0.05, 0.1) is 17.3 Å². The van der Waals surface area contributed by atoms with Gasteiger partial charge in [0.2, 0.25) is 0 Å². The molecular weight excluding hydrogens is 370 g/mol. The van der Waals surface area contributed by atoms with Crippen LogP contribution in [0, 0.1) is 13.8 Å². The molecule has 0 aliphatic rings. The fourth-order valence-corrected chi connectivity index (χ4v) is 3.03. The van der Waals surface area contributed by atoms with Gasteiger partial charge in [-0.25, -0.2) is 0 Å². The zero-order chi connectivity index (χ0) is 19.9. The van der Waals surface area contributed by atoms with Crippen molar-refractivity contribution in [3.05, 3.63) is 87.9 Å². The zero-order valence-corrected chi connectivity index (χ0v) is 17.2. The van der Waals surface area contributed by atoms with Gasteiger partial charge in [0.25, 0.3) is 0 Å². The Morgan fingerprint density at radius 3 is 2.43 bits per heavy atom. The van der Waals surface area contributed by atoms with Crippen LogP contribution >= 0.6 is 11.6 Å². The van der Waals surface area contributed by atoms with Crippen LogP contribution in [0.25, 0.3) is 0 Å². The maximum absolute atomic E-state index is 6.51. The number of rotatable bonds is 7. The predicted octanol–water partition coefficient (Wildman–Crippen LogP) is 6.69. The molecular formula is C24H24ClNO2. The van der Waals surface area contributed by atoms with Gasteiger partial charge < -0.3 is 9.47 Å². The number of nitrogens with zero attached hydrogens (tertiary/aromatic N) is 1. The summed E-state index contributed by atoms with van der Waals surface area (Å²) in [7, 11) is 0. The Labute approximate surface area is 171 Å². The van der Waals surface area contributed by atoms with E-state index >= 15 is 0 Å². The van der Waals surface area contributed by atoms with E-state index in [9.17, 15) is 0 Å². The predicted molar refractivity (Wildman–Crippen MR) is 117 cm³/mol. The highest BCUT2D eigenvalue weighted by Gasteiger charge is 2.12. The van der Waals surface area contributed by atoms with Crippen molar-refractivity contribution in [2.45, 2.75) is 27.4 Å². The van der Waals surface area contributed by atoms with Crippen LogP contribution in [0.1, 0.15) is 29.2 Å². The van der Waals surface area contributed by atoms with E-state index in [1.807, 2.05) is 62.4 Å². The number of benzene rings is 3. The Morgan fingerprint density at radius 2 is 1.71 bits per heavy atom. The van der Waals surface area contributed by atoms with Gasteiger partial charge in [-0.2, -0.15) is 0 Å². The van der Waals surface area contributed by atoms with Crippen molar-refractivity contribution in [3.63, 3.8) is 0 Å². The van der Waals surface area contributed by atoms with E-state index < -0.39 is 0 Å². The molecule has 0 fully saturated rings. The van der Waals surface area contributed by atoms with Crippen molar-refractivity contribution in [3.8, 4) is 11.5 Å². The Bertz CT molecular complexity index is 965. The third kappa shape index (κ3) is 5.14. The van der Waals surface area contributed by atoms with Crippen LogP contribution in [0.2, 0.25) is 5.02 Å². The van der Waals surface area contributed by atoms with Crippen molar-refractivity contribution >= 4 is 23.5 Å². The number of ether oxygens (including phenoxy) is 2. The van der Waals surface area contributed by atoms with Gasteiger partial charge in [-0.3, -0.25) is 4.99 Å². The summed E-state index contributed by atoms with van der Waals surface area (Å²) in [6.07, 6.45) is 1.79. The largest absolute Gasteiger partial charge is 0.490 e. The number of halogens is 1. The highest BCUT2D eigenvalue weighted by atomic mass is 35.5. The van der Waals surface area contributed by atoms with Crippen LogP contribution in [0.4, 0.5) is 5.69 Å². The lowest BCUT2D eigenvalue weighted by Gasteiger charge is -2.14. The van der Waals surface area contributed by atoms with E-state index in [2.05, 4.69) is 24.0 Å². The van der Waals surface area contributed by atoms with Crippen LogP contribution < -0.4 is 9.47 Å². The average Bonchev–Trinajstić information content (AvgIpc) is 2.68. The fourth-order valence-electron chi connectivity index (χ4n) is 2.76. The van der Waals surface area contributed by atoms with Gasteiger partial charge >= 0.3 is 0 Å². The van der Waals surface area contributed by atoms with Crippen LogP contribution in [0.5, 0.6) is 11.5 Å². The summed E-state index contributed by atoms with van der Waals surface area (Å²) < 4.78 is 11.8. The molecule has 3 rings (SSSR count). The number of aliphatic imine (C=N–C) groups is 1. The Balaban J connectivity index is 1.83. The fraction of sp³-hybridized carbons (Fsp3) is 0.208. The molecule has 0 amide bonds. The van der Waals surface area contributed by atoms with Gasteiger partial charge in [0, 0.05) is 6.21 Å². The maximum Gasteiger partial charge on any atom is 0.180 e. The second-order valence-electron chi connectivity index (χ2n) is 6.58. The van der Waals surface area contributed by atoms with E-state index in [0.717, 1.165) is 22.4 Å². The highest BCUT2D eigenvalue weighted by Crippen LogP contribution is 2.37. The van der Waals surface area contributed by atoms with E-state index in [4.69, 9.17) is 21.1 Å². The van der Waals surface area contributed by atoms with E-state index in [-0.39, 0.29) is 0 Å². The van der Waals surface area contributed by atoms with E-state index in [0.29, 0.717) is 29.7 Å². The summed E-state index contributed by atoms with van der Waals surface area (Å²) in [5, 5.41) is 0.504. The van der Waals surface area contributed by atoms with Gasteiger partial charge in [-0.1, -0.05) is 59.6 Å². The molecule has 0 atom stereocenters. The van der Waals surface area contributed by atoms with Gasteiger partial charge in [0.15, 0.2) is 11.5 Å². The molecule has 0 aliphatic carbocycles. The van der Waals surface area contributed by atoms with Gasteiger partial charge in [-0.15, -0.1) is 0 Å². The van der Waals surface area contributed by atoms with E-state index in [1.54, 1.807) is 6.21 Å². The number of hydrogen-bond donors (Lipinski definition) is 0. The monoisotopic (exact) mass is 393 g/mol. The van der Waals surface area contributed by atoms with Gasteiger partial charge in [-0.05, 0) is 55.7 Å². The lowest BCUT2D eigenvalue weighted by Crippen LogP contribution is -2.01. The highest BCUT2D eigenvalue weighted by molar-refractivity contribution is 6.32. The molecule has 0 heterocycles. The lowest BCUT2D eigenvalue weighted by atomic mass is 10.1. The molecule has 0 saturated carbocycles. The number of aryl methyl sites for hydroxylation is 2. The molecule has 3 nitrogen and oxygen atoms in total. The second-order valence-corrected chi connectivity index (χ2v) is 6.99. The van der Waals surface area contributed by atoms with Crippen molar-refractivity contribution in [2.24, 2.45) is 4.99 Å². The molecule has 144 valence electrons. The minimum absolute atomic E-state index is 0.427. The molecule has 0 aliphatic heterocycles. The minimum Gasteiger partial charge on any atom is -0.490 e. The summed E-state index contributed by atoms with van der Waals surface area (Å²) in [4.78, 5) is 4.57. The first-order chi connectivity index (χ1) is 13.6. The van der Waals surface area contributed by atoms with E-state index in [1.165, 1.54) is 5.56 Å². The Morgan fingerprint density at radius 1 is 0.964 bits per heavy atom. The third-order valence-corrected chi connectivity index (χ3v) is 4.58. The van der Waals surface area contributed by atoms with Crippen LogP contribution in [-0.2, 0) is 6.61 Å². The zero-order valence-electron chi connectivity index (χ0n) is 16.4. The molecule has 28 heavy (non-hydrogen) atoms. The first kappa shape index (κ1) is 20.0. The topological polar surface area (TPSA) is 30.8 Å². The number of hydrogen-bond acceptors (Lipinski definition) is 3. The molecule has 3 aromatic rings. The van der Waals surface area contributed by atoms with Crippen molar-refractivity contribution in [1.29, 1.82) is 0 Å². The molecule has 0 spiro atoms. The molecule has 0 bridgehead atoms. The molecule has 0 N–H and O–H groups in total. The third-order valence-electron chi connectivity index (χ3n) is 4.30. The van der Waals surface area contributed by atoms with Crippen molar-refractivity contribution in [2.75, 3.05) is 6.61 Å². The Hall–Kier alpha value is -2.78. The Kier molecular flexibility index (Phi) is 6.72. The van der Waals surface area contributed by atoms with Crippen molar-refractivity contribution in [1.82, 2.24) is 0 Å². The second kappa shape index (κ2) is 9.43. The summed E-state index contributed by atoms with van der Waals surface area (Å²) in [6, 6.07) is 20.0. The lowest BCUT2D eigenvalue weighted by molar-refractivity contribution is 0.269. The molecule has 0 unspecified atom stereocenters. The first-order valence-electron chi connectivity index (χ1n) is 9.31. The quantitative estimate of drug-likeness (QED) is 0.419. The van der Waals surface area contributed by atoms with Crippen molar-refractivity contribution < 1.29 is 9.47 Å². The van der Waals surface area contributed by atoms with Crippen LogP contribution in [0.3, 0.4) is 0 Å². The average molecular weight is 394 g/mol. The molecule has 3 aromatic carbocycles. The van der Waals surface area contributed by atoms with Crippen LogP contribution in [0.15, 0.2) is 65.7 Å². The maximum atomic E-state index is 6.51. The van der Waals surface area contributed by atoms with Crippen LogP contribution in [-0.4, -0.2) is 12.8 Å². The molecule has 0 aromatic heterocycles. The minimum atomic E-state index is 0.427. The molecule has 4 heteroatoms. The molecule has 0 saturated heterocycles. The first-order valence-corrected chi connectivity index (χ1v) is 9.69. The van der Waals surface area contributed by atoms with Gasteiger partial charge in [0.1, 0.15) is 6.61 Å². The summed E-state index contributed by atoms with van der Waals surface area (Å²) in [6.45, 7) is 6.98. The smallest absolute Gasteiger partial charge is 0.180 e. The SMILES string of the molecule is CCOc1cc(C=Nc2ccccc2C)cc(Cl)c1OCc1ccc(C)cc1. The summed E-state index contributed by atoms with van der Waals surface area (Å²) in [5.41, 5.74) is 5.20. The molecule has 0 radical (unpaired) electrons. The summed E-state index contributed by atoms with van der Waals surface area (Å²) >= 11 is 6.51.